The summed E-state index contributed by atoms with van der Waals surface area (Å²) in [6.45, 7) is 3.45. The number of H-pyrrole nitrogens is 1. The highest BCUT2D eigenvalue weighted by molar-refractivity contribution is 6.31. The van der Waals surface area contributed by atoms with Crippen molar-refractivity contribution >= 4 is 28.3 Å². The first-order chi connectivity index (χ1) is 6.72. The summed E-state index contributed by atoms with van der Waals surface area (Å²) in [7, 11) is 0. The molecule has 2 nitrogen and oxygen atoms in total. The molecular weight excluding hydrogens is 198 g/mol. The van der Waals surface area contributed by atoms with E-state index in [1.807, 2.05) is 6.07 Å². The Morgan fingerprint density at radius 3 is 3.00 bits per heavy atom. The van der Waals surface area contributed by atoms with Gasteiger partial charge in [-0.25, -0.2) is 0 Å². The van der Waals surface area contributed by atoms with Crippen LogP contribution in [0.1, 0.15) is 10.4 Å². The van der Waals surface area contributed by atoms with Gasteiger partial charge in [-0.2, -0.15) is 0 Å². The second kappa shape index (κ2) is 3.31. The maximum Gasteiger partial charge on any atom is 0.187 e. The van der Waals surface area contributed by atoms with E-state index in [1.54, 1.807) is 18.3 Å². The van der Waals surface area contributed by atoms with Crippen LogP contribution in [0.5, 0.6) is 0 Å². The maximum absolute atomic E-state index is 11.4. The standard InChI is InChI=1S/C11H8ClNO/c1-2-11(14)9-6-13-10-4-3-7(12)5-8(9)10/h2-6,13H,1H2. The average molecular weight is 206 g/mol. The molecule has 0 radical (unpaired) electrons. The van der Waals surface area contributed by atoms with Gasteiger partial charge >= 0.3 is 0 Å². The molecule has 70 valence electrons. The minimum atomic E-state index is -0.0986. The van der Waals surface area contributed by atoms with Crippen LogP contribution in [0.4, 0.5) is 0 Å². The molecule has 0 spiro atoms. The number of hydrogen-bond acceptors (Lipinski definition) is 1. The highest BCUT2D eigenvalue weighted by atomic mass is 35.5. The molecule has 0 aliphatic rings. The molecule has 3 heteroatoms. The Balaban J connectivity index is 2.72. The van der Waals surface area contributed by atoms with Gasteiger partial charge in [0.25, 0.3) is 0 Å². The second-order valence-corrected chi connectivity index (χ2v) is 3.40. The lowest BCUT2D eigenvalue weighted by atomic mass is 10.1. The van der Waals surface area contributed by atoms with Crippen molar-refractivity contribution in [2.75, 3.05) is 0 Å². The Morgan fingerprint density at radius 2 is 2.29 bits per heavy atom. The molecular formula is C11H8ClNO. The summed E-state index contributed by atoms with van der Waals surface area (Å²) in [5.41, 5.74) is 1.51. The van der Waals surface area contributed by atoms with Crippen LogP contribution >= 0.6 is 11.6 Å². The number of rotatable bonds is 2. The van der Waals surface area contributed by atoms with Crippen molar-refractivity contribution in [3.8, 4) is 0 Å². The van der Waals surface area contributed by atoms with Crippen LogP contribution in [-0.4, -0.2) is 10.8 Å². The smallest absolute Gasteiger partial charge is 0.187 e. The van der Waals surface area contributed by atoms with E-state index < -0.39 is 0 Å². The Hall–Kier alpha value is -1.54. The van der Waals surface area contributed by atoms with E-state index >= 15 is 0 Å². The normalized spacial score (nSPS) is 10.4. The minimum Gasteiger partial charge on any atom is -0.360 e. The molecule has 0 amide bonds. The molecule has 1 aromatic heterocycles. The van der Waals surface area contributed by atoms with E-state index in [1.165, 1.54) is 6.08 Å². The Bertz CT molecular complexity index is 513. The number of allylic oxidation sites excluding steroid dienone is 1. The fourth-order valence-electron chi connectivity index (χ4n) is 1.41. The number of hydrogen-bond donors (Lipinski definition) is 1. The largest absolute Gasteiger partial charge is 0.360 e. The molecule has 2 rings (SSSR count). The molecule has 0 saturated carbocycles. The third-order valence-corrected chi connectivity index (χ3v) is 2.33. The van der Waals surface area contributed by atoms with E-state index in [0.717, 1.165) is 10.9 Å². The Morgan fingerprint density at radius 1 is 1.50 bits per heavy atom. The van der Waals surface area contributed by atoms with Crippen LogP contribution in [0.25, 0.3) is 10.9 Å². The van der Waals surface area contributed by atoms with E-state index in [9.17, 15) is 4.79 Å². The molecule has 2 aromatic rings. The molecule has 0 bridgehead atoms. The number of halogens is 1. The number of carbonyl (C=O) groups excluding carboxylic acids is 1. The average Bonchev–Trinajstić information content (AvgIpc) is 2.59. The van der Waals surface area contributed by atoms with Crippen LogP contribution in [-0.2, 0) is 0 Å². The summed E-state index contributed by atoms with van der Waals surface area (Å²) in [5.74, 6) is -0.0986. The molecule has 0 atom stereocenters. The van der Waals surface area contributed by atoms with Gasteiger partial charge in [-0.15, -0.1) is 0 Å². The minimum absolute atomic E-state index is 0.0986. The van der Waals surface area contributed by atoms with Gasteiger partial charge in [0.2, 0.25) is 0 Å². The molecule has 0 saturated heterocycles. The van der Waals surface area contributed by atoms with Gasteiger partial charge in [0, 0.05) is 27.7 Å². The third kappa shape index (κ3) is 1.34. The lowest BCUT2D eigenvalue weighted by Gasteiger charge is -1.94. The molecule has 0 fully saturated rings. The molecule has 1 heterocycles. The van der Waals surface area contributed by atoms with Gasteiger partial charge in [0.1, 0.15) is 0 Å². The van der Waals surface area contributed by atoms with E-state index in [2.05, 4.69) is 11.6 Å². The summed E-state index contributed by atoms with van der Waals surface area (Å²) in [6.07, 6.45) is 2.97. The fourth-order valence-corrected chi connectivity index (χ4v) is 1.58. The number of fused-ring (bicyclic) bond motifs is 1. The van der Waals surface area contributed by atoms with Crippen molar-refractivity contribution in [1.82, 2.24) is 4.98 Å². The van der Waals surface area contributed by atoms with Crippen molar-refractivity contribution in [1.29, 1.82) is 0 Å². The number of benzene rings is 1. The van der Waals surface area contributed by atoms with E-state index in [0.29, 0.717) is 10.6 Å². The van der Waals surface area contributed by atoms with Crippen LogP contribution < -0.4 is 0 Å². The van der Waals surface area contributed by atoms with E-state index in [4.69, 9.17) is 11.6 Å². The van der Waals surface area contributed by atoms with Gasteiger partial charge in [0.05, 0.1) is 0 Å². The summed E-state index contributed by atoms with van der Waals surface area (Å²) >= 11 is 5.84. The lowest BCUT2D eigenvalue weighted by Crippen LogP contribution is -1.90. The summed E-state index contributed by atoms with van der Waals surface area (Å²) in [6, 6.07) is 5.39. The van der Waals surface area contributed by atoms with Gasteiger partial charge in [-0.3, -0.25) is 4.79 Å². The van der Waals surface area contributed by atoms with Gasteiger partial charge < -0.3 is 4.98 Å². The Labute approximate surface area is 86.2 Å². The van der Waals surface area contributed by atoms with Crippen LogP contribution in [0.2, 0.25) is 5.02 Å². The first kappa shape index (κ1) is 9.03. The number of ketones is 1. The number of aromatic nitrogens is 1. The zero-order valence-corrected chi connectivity index (χ0v) is 8.14. The van der Waals surface area contributed by atoms with Crippen LogP contribution in [0.15, 0.2) is 37.1 Å². The van der Waals surface area contributed by atoms with Crippen molar-refractivity contribution in [2.45, 2.75) is 0 Å². The van der Waals surface area contributed by atoms with Gasteiger partial charge in [0.15, 0.2) is 5.78 Å². The quantitative estimate of drug-likeness (QED) is 0.593. The summed E-state index contributed by atoms with van der Waals surface area (Å²) < 4.78 is 0. The monoisotopic (exact) mass is 205 g/mol. The highest BCUT2D eigenvalue weighted by Gasteiger charge is 2.08. The first-order valence-electron chi connectivity index (χ1n) is 4.16. The van der Waals surface area contributed by atoms with Gasteiger partial charge in [-0.1, -0.05) is 18.2 Å². The fraction of sp³-hybridized carbons (Fsp3) is 0. The predicted octanol–water partition coefficient (Wildman–Crippen LogP) is 3.19. The number of aromatic amines is 1. The summed E-state index contributed by atoms with van der Waals surface area (Å²) in [5, 5.41) is 1.46. The predicted molar refractivity (Wildman–Crippen MR) is 57.8 cm³/mol. The lowest BCUT2D eigenvalue weighted by molar-refractivity contribution is 0.104. The van der Waals surface area contributed by atoms with Crippen molar-refractivity contribution in [3.63, 3.8) is 0 Å². The molecule has 0 aliphatic carbocycles. The zero-order chi connectivity index (χ0) is 10.1. The van der Waals surface area contributed by atoms with Crippen molar-refractivity contribution < 1.29 is 4.79 Å². The molecule has 14 heavy (non-hydrogen) atoms. The van der Waals surface area contributed by atoms with E-state index in [-0.39, 0.29) is 5.78 Å². The highest BCUT2D eigenvalue weighted by Crippen LogP contribution is 2.22. The summed E-state index contributed by atoms with van der Waals surface area (Å²) in [4.78, 5) is 14.4. The Kier molecular flexibility index (Phi) is 2.14. The SMILES string of the molecule is C=CC(=O)c1c[nH]c2ccc(Cl)cc12. The second-order valence-electron chi connectivity index (χ2n) is 2.96. The molecule has 1 N–H and O–H groups in total. The number of carbonyl (C=O) groups is 1. The maximum atomic E-state index is 11.4. The zero-order valence-electron chi connectivity index (χ0n) is 7.38. The number of nitrogens with one attached hydrogen (secondary N) is 1. The van der Waals surface area contributed by atoms with Gasteiger partial charge in [-0.05, 0) is 24.3 Å². The molecule has 0 aliphatic heterocycles. The topological polar surface area (TPSA) is 32.9 Å². The molecule has 0 unspecified atom stereocenters. The van der Waals surface area contributed by atoms with Crippen molar-refractivity contribution in [3.05, 3.63) is 47.6 Å². The third-order valence-electron chi connectivity index (χ3n) is 2.09. The van der Waals surface area contributed by atoms with Crippen LogP contribution in [0, 0.1) is 0 Å². The van der Waals surface area contributed by atoms with Crippen molar-refractivity contribution in [2.24, 2.45) is 0 Å². The molecule has 1 aromatic carbocycles. The first-order valence-corrected chi connectivity index (χ1v) is 4.53. The van der Waals surface area contributed by atoms with Crippen LogP contribution in [0.3, 0.4) is 0 Å².